The summed E-state index contributed by atoms with van der Waals surface area (Å²) in [7, 11) is 2.93. The Bertz CT molecular complexity index is 1280. The standard InChI is InChI=1S/C24H32N6O4S/c1-24(2,3)20(15-11-13-16(14-12-15)29(4)5)26-22-21(27-35(33,34)28-22)25-18-10-8-9-17(19(18)31)23(32)30(6)7/h8-14,20,31H,1-7H3,(H,25,27)(H,26,28). The molecule has 1 amide bonds. The number of carbonyl (C=O) groups is 1. The molecule has 0 saturated carbocycles. The number of hydrogen-bond acceptors (Lipinski definition) is 7. The summed E-state index contributed by atoms with van der Waals surface area (Å²) in [5.74, 6) is -0.767. The molecule has 0 fully saturated rings. The Morgan fingerprint density at radius 3 is 2.11 bits per heavy atom. The van der Waals surface area contributed by atoms with Gasteiger partial charge in [-0.25, -0.2) is 0 Å². The summed E-state index contributed by atoms with van der Waals surface area (Å²) in [4.78, 5) is 15.7. The summed E-state index contributed by atoms with van der Waals surface area (Å²) >= 11 is 0. The second kappa shape index (κ2) is 9.57. The Morgan fingerprint density at radius 1 is 0.971 bits per heavy atom. The van der Waals surface area contributed by atoms with Gasteiger partial charge >= 0.3 is 10.2 Å². The monoisotopic (exact) mass is 500 g/mol. The quantitative estimate of drug-likeness (QED) is 0.539. The molecule has 3 rings (SSSR count). The fourth-order valence-electron chi connectivity index (χ4n) is 3.60. The number of nitrogens with one attached hydrogen (secondary N) is 2. The lowest BCUT2D eigenvalue weighted by atomic mass is 9.82. The van der Waals surface area contributed by atoms with Gasteiger partial charge in [-0.1, -0.05) is 39.0 Å². The van der Waals surface area contributed by atoms with Crippen LogP contribution in [0.3, 0.4) is 0 Å². The van der Waals surface area contributed by atoms with Crippen LogP contribution < -0.4 is 15.5 Å². The lowest BCUT2D eigenvalue weighted by Crippen LogP contribution is -2.41. The molecule has 3 N–H and O–H groups in total. The van der Waals surface area contributed by atoms with E-state index >= 15 is 0 Å². The Kier molecular flexibility index (Phi) is 7.11. The summed E-state index contributed by atoms with van der Waals surface area (Å²) < 4.78 is 32.1. The summed E-state index contributed by atoms with van der Waals surface area (Å²) in [6.45, 7) is 6.09. The van der Waals surface area contributed by atoms with Gasteiger partial charge in [-0.3, -0.25) is 4.79 Å². The van der Waals surface area contributed by atoms with E-state index in [-0.39, 0.29) is 40.1 Å². The SMILES string of the molecule is CN(C)C(=O)c1cccc(NC2=NS(=O)(=O)N=C2NC(c2ccc(N(C)C)cc2)C(C)(C)C)c1O. The third-order valence-electron chi connectivity index (χ3n) is 5.45. The summed E-state index contributed by atoms with van der Waals surface area (Å²) in [6, 6.07) is 12.2. The summed E-state index contributed by atoms with van der Waals surface area (Å²) in [6.07, 6.45) is 0. The van der Waals surface area contributed by atoms with E-state index in [1.165, 1.54) is 17.0 Å². The first-order valence-corrected chi connectivity index (χ1v) is 12.4. The van der Waals surface area contributed by atoms with Gasteiger partial charge in [0.2, 0.25) is 0 Å². The Hall–Kier alpha value is -3.60. The van der Waals surface area contributed by atoms with Crippen LogP contribution in [0.5, 0.6) is 5.75 Å². The van der Waals surface area contributed by atoms with Crippen LogP contribution in [0.1, 0.15) is 42.7 Å². The van der Waals surface area contributed by atoms with Gasteiger partial charge in [-0.2, -0.15) is 8.42 Å². The minimum Gasteiger partial charge on any atom is -0.505 e. The highest BCUT2D eigenvalue weighted by molar-refractivity contribution is 7.89. The maximum absolute atomic E-state index is 12.4. The largest absolute Gasteiger partial charge is 0.505 e. The van der Waals surface area contributed by atoms with Gasteiger partial charge in [0.15, 0.2) is 17.4 Å². The smallest absolute Gasteiger partial charge is 0.367 e. The molecule has 0 radical (unpaired) electrons. The van der Waals surface area contributed by atoms with E-state index in [2.05, 4.69) is 19.4 Å². The van der Waals surface area contributed by atoms with Crippen molar-refractivity contribution in [2.75, 3.05) is 38.4 Å². The predicted octanol–water partition coefficient (Wildman–Crippen LogP) is 3.00. The third kappa shape index (κ3) is 5.91. The number of benzene rings is 2. The van der Waals surface area contributed by atoms with Gasteiger partial charge in [0.05, 0.1) is 17.3 Å². The molecular formula is C24H32N6O4S. The summed E-state index contributed by atoms with van der Waals surface area (Å²) in [5.41, 5.74) is 1.86. The Balaban J connectivity index is 1.95. The number of nitrogens with zero attached hydrogens (tertiary/aromatic N) is 4. The number of amides is 1. The lowest BCUT2D eigenvalue weighted by molar-refractivity contribution is 0.0824. The fourth-order valence-corrected chi connectivity index (χ4v) is 4.37. The molecule has 188 valence electrons. The molecule has 0 spiro atoms. The van der Waals surface area contributed by atoms with Gasteiger partial charge in [0, 0.05) is 33.9 Å². The van der Waals surface area contributed by atoms with Crippen LogP contribution in [-0.2, 0) is 10.2 Å². The van der Waals surface area contributed by atoms with Crippen molar-refractivity contribution in [2.24, 2.45) is 14.2 Å². The number of para-hydroxylation sites is 1. The minimum absolute atomic E-state index is 0.0188. The number of aromatic hydroxyl groups is 1. The fraction of sp³-hybridized carbons (Fsp3) is 0.375. The molecule has 1 atom stereocenters. The van der Waals surface area contributed by atoms with Crippen molar-refractivity contribution in [1.82, 2.24) is 10.2 Å². The van der Waals surface area contributed by atoms with Crippen LogP contribution in [-0.4, -0.2) is 64.2 Å². The second-order valence-electron chi connectivity index (χ2n) is 9.78. The van der Waals surface area contributed by atoms with Crippen LogP contribution in [0.4, 0.5) is 11.4 Å². The highest BCUT2D eigenvalue weighted by Crippen LogP contribution is 2.34. The molecule has 10 nitrogen and oxygen atoms in total. The Morgan fingerprint density at radius 2 is 1.57 bits per heavy atom. The van der Waals surface area contributed by atoms with Gasteiger partial charge < -0.3 is 25.5 Å². The normalized spacial score (nSPS) is 15.6. The van der Waals surface area contributed by atoms with E-state index in [0.717, 1.165) is 11.3 Å². The molecule has 1 aliphatic heterocycles. The molecule has 1 aliphatic rings. The van der Waals surface area contributed by atoms with Crippen molar-refractivity contribution in [3.8, 4) is 5.75 Å². The van der Waals surface area contributed by atoms with Crippen LogP contribution in [0.2, 0.25) is 0 Å². The van der Waals surface area contributed by atoms with E-state index in [1.807, 2.05) is 64.0 Å². The van der Waals surface area contributed by atoms with Crippen molar-refractivity contribution in [3.05, 3.63) is 53.6 Å². The number of phenols is 1. The molecule has 2 aromatic rings. The maximum atomic E-state index is 12.4. The molecule has 35 heavy (non-hydrogen) atoms. The number of amidine groups is 2. The van der Waals surface area contributed by atoms with Crippen molar-refractivity contribution < 1.29 is 18.3 Å². The topological polar surface area (TPSA) is 127 Å². The number of rotatable bonds is 5. The average Bonchev–Trinajstić information content (AvgIpc) is 3.05. The van der Waals surface area contributed by atoms with Crippen molar-refractivity contribution in [3.63, 3.8) is 0 Å². The molecule has 0 aliphatic carbocycles. The Labute approximate surface area is 206 Å². The van der Waals surface area contributed by atoms with Crippen molar-refractivity contribution in [2.45, 2.75) is 26.8 Å². The molecular weight excluding hydrogens is 468 g/mol. The third-order valence-corrected chi connectivity index (χ3v) is 6.28. The molecule has 11 heteroatoms. The van der Waals surface area contributed by atoms with E-state index in [0.29, 0.717) is 0 Å². The minimum atomic E-state index is -4.12. The van der Waals surface area contributed by atoms with Crippen LogP contribution in [0.25, 0.3) is 0 Å². The molecule has 0 saturated heterocycles. The molecule has 0 bridgehead atoms. The van der Waals surface area contributed by atoms with E-state index in [9.17, 15) is 18.3 Å². The molecule has 0 aromatic heterocycles. The number of carbonyl (C=O) groups excluding carboxylic acids is 1. The zero-order valence-electron chi connectivity index (χ0n) is 21.0. The predicted molar refractivity (Wildman–Crippen MR) is 140 cm³/mol. The first-order chi connectivity index (χ1) is 16.2. The van der Waals surface area contributed by atoms with Crippen LogP contribution in [0.15, 0.2) is 51.3 Å². The molecule has 2 aromatic carbocycles. The summed E-state index contributed by atoms with van der Waals surface area (Å²) in [5, 5.41) is 16.7. The first-order valence-electron chi connectivity index (χ1n) is 11.0. The highest BCUT2D eigenvalue weighted by atomic mass is 32.2. The number of phenolic OH excluding ortho intramolecular Hbond substituents is 1. The van der Waals surface area contributed by atoms with Gasteiger partial charge in [0.25, 0.3) is 5.91 Å². The average molecular weight is 501 g/mol. The van der Waals surface area contributed by atoms with Crippen molar-refractivity contribution >= 4 is 39.2 Å². The maximum Gasteiger partial charge on any atom is 0.367 e. The van der Waals surface area contributed by atoms with Gasteiger partial charge in [-0.15, -0.1) is 8.80 Å². The highest BCUT2D eigenvalue weighted by Gasteiger charge is 2.33. The number of anilines is 2. The number of hydrogen-bond donors (Lipinski definition) is 3. The van der Waals surface area contributed by atoms with E-state index in [1.54, 1.807) is 20.2 Å². The van der Waals surface area contributed by atoms with Crippen LogP contribution >= 0.6 is 0 Å². The first kappa shape index (κ1) is 26.0. The molecule has 1 unspecified atom stereocenters. The lowest BCUT2D eigenvalue weighted by Gasteiger charge is -2.33. The van der Waals surface area contributed by atoms with E-state index < -0.39 is 16.1 Å². The van der Waals surface area contributed by atoms with E-state index in [4.69, 9.17) is 0 Å². The zero-order chi connectivity index (χ0) is 26.1. The van der Waals surface area contributed by atoms with Crippen LogP contribution in [0, 0.1) is 5.41 Å². The molecule has 1 heterocycles. The van der Waals surface area contributed by atoms with Gasteiger partial charge in [-0.05, 0) is 35.2 Å². The second-order valence-corrected chi connectivity index (χ2v) is 11.0. The zero-order valence-corrected chi connectivity index (χ0v) is 21.8. The van der Waals surface area contributed by atoms with Gasteiger partial charge in [0.1, 0.15) is 0 Å². The van der Waals surface area contributed by atoms with Crippen molar-refractivity contribution in [1.29, 1.82) is 0 Å².